The first-order valence-corrected chi connectivity index (χ1v) is 7.45. The fourth-order valence-corrected chi connectivity index (χ4v) is 2.55. The Morgan fingerprint density at radius 2 is 1.95 bits per heavy atom. The molecule has 4 heteroatoms. The minimum atomic E-state index is 0.207. The molecule has 0 saturated heterocycles. The third-order valence-corrected chi connectivity index (χ3v) is 4.04. The zero-order chi connectivity index (χ0) is 15.5. The summed E-state index contributed by atoms with van der Waals surface area (Å²) >= 11 is 0. The van der Waals surface area contributed by atoms with Crippen LogP contribution >= 0.6 is 0 Å². The van der Waals surface area contributed by atoms with E-state index in [1.54, 1.807) is 7.11 Å². The highest BCUT2D eigenvalue weighted by atomic mass is 16.5. The molecule has 0 amide bonds. The Kier molecular flexibility index (Phi) is 4.11. The van der Waals surface area contributed by atoms with Crippen molar-refractivity contribution in [1.29, 1.82) is 0 Å². The van der Waals surface area contributed by atoms with Crippen molar-refractivity contribution in [1.82, 2.24) is 14.9 Å². The number of imidazole rings is 1. The Labute approximate surface area is 130 Å². The van der Waals surface area contributed by atoms with Crippen LogP contribution < -0.4 is 4.74 Å². The van der Waals surface area contributed by atoms with E-state index in [1.807, 2.05) is 24.3 Å². The summed E-state index contributed by atoms with van der Waals surface area (Å²) in [5.74, 6) is 1.81. The SMILES string of the molecule is COc1ccc2nc(C(C)N(C)Cc3ccccc3)[nH]c2c1. The van der Waals surface area contributed by atoms with Gasteiger partial charge in [-0.3, -0.25) is 4.90 Å². The Hall–Kier alpha value is -2.33. The molecule has 0 fully saturated rings. The number of hydrogen-bond donors (Lipinski definition) is 1. The maximum Gasteiger partial charge on any atom is 0.124 e. The van der Waals surface area contributed by atoms with E-state index >= 15 is 0 Å². The molecule has 0 aliphatic rings. The molecule has 0 radical (unpaired) electrons. The number of ether oxygens (including phenoxy) is 1. The van der Waals surface area contributed by atoms with Gasteiger partial charge in [-0.25, -0.2) is 4.98 Å². The van der Waals surface area contributed by atoms with Crippen molar-refractivity contribution in [3.05, 3.63) is 59.9 Å². The summed E-state index contributed by atoms with van der Waals surface area (Å²) in [6.45, 7) is 3.06. The molecule has 1 N–H and O–H groups in total. The third-order valence-electron chi connectivity index (χ3n) is 4.04. The van der Waals surface area contributed by atoms with Gasteiger partial charge in [-0.2, -0.15) is 0 Å². The van der Waals surface area contributed by atoms with E-state index in [1.165, 1.54) is 5.56 Å². The molecule has 4 nitrogen and oxygen atoms in total. The molecule has 0 aliphatic heterocycles. The van der Waals surface area contributed by atoms with Crippen LogP contribution in [0, 0.1) is 0 Å². The topological polar surface area (TPSA) is 41.1 Å². The van der Waals surface area contributed by atoms with Crippen molar-refractivity contribution in [2.24, 2.45) is 0 Å². The number of nitrogens with one attached hydrogen (secondary N) is 1. The highest BCUT2D eigenvalue weighted by molar-refractivity contribution is 5.76. The lowest BCUT2D eigenvalue weighted by Gasteiger charge is -2.23. The number of benzene rings is 2. The number of hydrogen-bond acceptors (Lipinski definition) is 3. The molecule has 0 bridgehead atoms. The van der Waals surface area contributed by atoms with Gasteiger partial charge in [0.2, 0.25) is 0 Å². The van der Waals surface area contributed by atoms with Crippen LogP contribution in [-0.2, 0) is 6.54 Å². The first kappa shape index (κ1) is 14.6. The van der Waals surface area contributed by atoms with Gasteiger partial charge >= 0.3 is 0 Å². The van der Waals surface area contributed by atoms with E-state index in [4.69, 9.17) is 9.72 Å². The predicted octanol–water partition coefficient (Wildman–Crippen LogP) is 3.76. The molecule has 0 saturated carbocycles. The van der Waals surface area contributed by atoms with Crippen molar-refractivity contribution in [2.45, 2.75) is 19.5 Å². The van der Waals surface area contributed by atoms with E-state index in [9.17, 15) is 0 Å². The van der Waals surface area contributed by atoms with Gasteiger partial charge in [0.25, 0.3) is 0 Å². The summed E-state index contributed by atoms with van der Waals surface area (Å²) in [6, 6.07) is 16.6. The maximum atomic E-state index is 5.26. The number of fused-ring (bicyclic) bond motifs is 1. The smallest absolute Gasteiger partial charge is 0.124 e. The molecule has 0 spiro atoms. The monoisotopic (exact) mass is 295 g/mol. The van der Waals surface area contributed by atoms with Gasteiger partial charge in [-0.05, 0) is 31.7 Å². The number of rotatable bonds is 5. The summed E-state index contributed by atoms with van der Waals surface area (Å²) in [4.78, 5) is 10.4. The van der Waals surface area contributed by atoms with Crippen molar-refractivity contribution in [2.75, 3.05) is 14.2 Å². The summed E-state index contributed by atoms with van der Waals surface area (Å²) < 4.78 is 5.26. The van der Waals surface area contributed by atoms with Gasteiger partial charge in [-0.1, -0.05) is 30.3 Å². The number of aromatic amines is 1. The molecular formula is C18H21N3O. The van der Waals surface area contributed by atoms with E-state index in [-0.39, 0.29) is 6.04 Å². The Morgan fingerprint density at radius 3 is 2.68 bits per heavy atom. The zero-order valence-corrected chi connectivity index (χ0v) is 13.2. The van der Waals surface area contributed by atoms with Gasteiger partial charge in [-0.15, -0.1) is 0 Å². The van der Waals surface area contributed by atoms with Gasteiger partial charge in [0, 0.05) is 12.6 Å². The predicted molar refractivity (Wildman–Crippen MR) is 89.0 cm³/mol. The molecule has 1 heterocycles. The maximum absolute atomic E-state index is 5.26. The summed E-state index contributed by atoms with van der Waals surface area (Å²) in [6.07, 6.45) is 0. The first-order chi connectivity index (χ1) is 10.7. The fraction of sp³-hybridized carbons (Fsp3) is 0.278. The average Bonchev–Trinajstić information content (AvgIpc) is 2.97. The lowest BCUT2D eigenvalue weighted by molar-refractivity contribution is 0.245. The Morgan fingerprint density at radius 1 is 1.18 bits per heavy atom. The first-order valence-electron chi connectivity index (χ1n) is 7.45. The van der Waals surface area contributed by atoms with E-state index in [0.717, 1.165) is 29.2 Å². The van der Waals surface area contributed by atoms with Crippen LogP contribution in [0.5, 0.6) is 5.75 Å². The van der Waals surface area contributed by atoms with Crippen LogP contribution in [0.2, 0.25) is 0 Å². The van der Waals surface area contributed by atoms with E-state index in [2.05, 4.69) is 48.1 Å². The number of H-pyrrole nitrogens is 1. The lowest BCUT2D eigenvalue weighted by Crippen LogP contribution is -2.22. The van der Waals surface area contributed by atoms with Gasteiger partial charge in [0.15, 0.2) is 0 Å². The number of nitrogens with zero attached hydrogens (tertiary/aromatic N) is 2. The second-order valence-electron chi connectivity index (χ2n) is 5.58. The molecule has 1 unspecified atom stereocenters. The van der Waals surface area contributed by atoms with E-state index in [0.29, 0.717) is 0 Å². The second kappa shape index (κ2) is 6.20. The average molecular weight is 295 g/mol. The molecule has 114 valence electrons. The van der Waals surface area contributed by atoms with Gasteiger partial charge in [0.1, 0.15) is 11.6 Å². The Bertz CT molecular complexity index is 751. The molecule has 22 heavy (non-hydrogen) atoms. The van der Waals surface area contributed by atoms with Crippen molar-refractivity contribution in [3.63, 3.8) is 0 Å². The normalized spacial score (nSPS) is 12.7. The van der Waals surface area contributed by atoms with E-state index < -0.39 is 0 Å². The number of aromatic nitrogens is 2. The van der Waals surface area contributed by atoms with Crippen LogP contribution in [0.15, 0.2) is 48.5 Å². The zero-order valence-electron chi connectivity index (χ0n) is 13.2. The van der Waals surface area contributed by atoms with Crippen LogP contribution in [0.1, 0.15) is 24.4 Å². The molecule has 3 rings (SSSR count). The minimum absolute atomic E-state index is 0.207. The van der Waals surface area contributed by atoms with Crippen LogP contribution in [0.3, 0.4) is 0 Å². The molecule has 1 aromatic heterocycles. The molecule has 0 aliphatic carbocycles. The number of methoxy groups -OCH3 is 1. The highest BCUT2D eigenvalue weighted by Gasteiger charge is 2.16. The third kappa shape index (κ3) is 2.97. The second-order valence-corrected chi connectivity index (χ2v) is 5.58. The molecular weight excluding hydrogens is 274 g/mol. The minimum Gasteiger partial charge on any atom is -0.497 e. The summed E-state index contributed by atoms with van der Waals surface area (Å²) in [5.41, 5.74) is 3.28. The van der Waals surface area contributed by atoms with Crippen LogP contribution in [-0.4, -0.2) is 29.0 Å². The van der Waals surface area contributed by atoms with Crippen molar-refractivity contribution in [3.8, 4) is 5.75 Å². The summed E-state index contributed by atoms with van der Waals surface area (Å²) in [5, 5.41) is 0. The Balaban J connectivity index is 1.80. The molecule has 2 aromatic carbocycles. The van der Waals surface area contributed by atoms with Crippen LogP contribution in [0.4, 0.5) is 0 Å². The lowest BCUT2D eigenvalue weighted by atomic mass is 10.2. The summed E-state index contributed by atoms with van der Waals surface area (Å²) in [7, 11) is 3.79. The standard InChI is InChI=1S/C18H21N3O/c1-13(21(2)12-14-7-5-4-6-8-14)18-19-16-10-9-15(22-3)11-17(16)20-18/h4-11,13H,12H2,1-3H3,(H,19,20). The fourth-order valence-electron chi connectivity index (χ4n) is 2.55. The van der Waals surface area contributed by atoms with Crippen LogP contribution in [0.25, 0.3) is 11.0 Å². The highest BCUT2D eigenvalue weighted by Crippen LogP contribution is 2.24. The molecule has 1 atom stereocenters. The quantitative estimate of drug-likeness (QED) is 0.779. The van der Waals surface area contributed by atoms with Crippen molar-refractivity contribution >= 4 is 11.0 Å². The molecule has 3 aromatic rings. The van der Waals surface area contributed by atoms with Crippen molar-refractivity contribution < 1.29 is 4.74 Å². The van der Waals surface area contributed by atoms with Gasteiger partial charge in [0.05, 0.1) is 24.2 Å². The van der Waals surface area contributed by atoms with Gasteiger partial charge < -0.3 is 9.72 Å². The largest absolute Gasteiger partial charge is 0.497 e.